The van der Waals surface area contributed by atoms with Gasteiger partial charge in [0.15, 0.2) is 5.75 Å². The number of benzene rings is 1. The second kappa shape index (κ2) is 5.37. The van der Waals surface area contributed by atoms with Gasteiger partial charge in [-0.05, 0) is 24.1 Å². The van der Waals surface area contributed by atoms with Crippen molar-refractivity contribution in [2.75, 3.05) is 0 Å². The van der Waals surface area contributed by atoms with Crippen LogP contribution in [0.3, 0.4) is 0 Å². The van der Waals surface area contributed by atoms with Gasteiger partial charge < -0.3 is 9.84 Å². The highest BCUT2D eigenvalue weighted by Gasteiger charge is 2.12. The molecular formula is C13H12N2O3. The molecule has 0 bridgehead atoms. The third-order valence-corrected chi connectivity index (χ3v) is 2.44. The molecule has 0 spiro atoms. The zero-order chi connectivity index (χ0) is 13.0. The van der Waals surface area contributed by atoms with E-state index in [0.717, 1.165) is 11.1 Å². The highest BCUT2D eigenvalue weighted by Crippen LogP contribution is 2.14. The van der Waals surface area contributed by atoms with Crippen molar-refractivity contribution in [3.8, 4) is 5.75 Å². The lowest BCUT2D eigenvalue weighted by Crippen LogP contribution is -2.10. The van der Waals surface area contributed by atoms with Crippen LogP contribution >= 0.6 is 0 Å². The molecule has 5 heteroatoms. The van der Waals surface area contributed by atoms with Crippen LogP contribution in [0.1, 0.15) is 21.5 Å². The molecule has 0 saturated heterocycles. The Bertz CT molecular complexity index is 555. The van der Waals surface area contributed by atoms with Crippen molar-refractivity contribution in [1.82, 2.24) is 9.97 Å². The number of aliphatic hydroxyl groups is 1. The van der Waals surface area contributed by atoms with Crippen LogP contribution in [0, 0.1) is 6.92 Å². The summed E-state index contributed by atoms with van der Waals surface area (Å²) in [7, 11) is 0. The molecule has 0 aliphatic heterocycles. The summed E-state index contributed by atoms with van der Waals surface area (Å²) in [5, 5.41) is 8.99. The molecule has 18 heavy (non-hydrogen) atoms. The van der Waals surface area contributed by atoms with Gasteiger partial charge in [0.2, 0.25) is 0 Å². The lowest BCUT2D eigenvalue weighted by molar-refractivity contribution is 0.0732. The standard InChI is InChI=1S/C13H12N2O3/c1-9-4-10(7-16)2-3-12(9)13(17)18-11-5-14-8-15-6-11/h2-6,8,16H,7H2,1H3. The van der Waals surface area contributed by atoms with Gasteiger partial charge in [-0.15, -0.1) is 0 Å². The van der Waals surface area contributed by atoms with Crippen LogP contribution < -0.4 is 4.74 Å². The average molecular weight is 244 g/mol. The van der Waals surface area contributed by atoms with Gasteiger partial charge in [-0.2, -0.15) is 0 Å². The highest BCUT2D eigenvalue weighted by molar-refractivity contribution is 5.92. The van der Waals surface area contributed by atoms with Crippen LogP contribution in [0.2, 0.25) is 0 Å². The van der Waals surface area contributed by atoms with Crippen molar-refractivity contribution in [2.24, 2.45) is 0 Å². The van der Waals surface area contributed by atoms with E-state index < -0.39 is 5.97 Å². The van der Waals surface area contributed by atoms with Crippen molar-refractivity contribution in [2.45, 2.75) is 13.5 Å². The molecule has 1 N–H and O–H groups in total. The topological polar surface area (TPSA) is 72.3 Å². The molecule has 1 aromatic carbocycles. The number of carbonyl (C=O) groups is 1. The van der Waals surface area contributed by atoms with E-state index >= 15 is 0 Å². The lowest BCUT2D eigenvalue weighted by Gasteiger charge is -2.07. The molecule has 0 radical (unpaired) electrons. The zero-order valence-electron chi connectivity index (χ0n) is 9.83. The van der Waals surface area contributed by atoms with Crippen LogP contribution in [-0.2, 0) is 6.61 Å². The number of hydrogen-bond acceptors (Lipinski definition) is 5. The molecule has 1 aromatic heterocycles. The summed E-state index contributed by atoms with van der Waals surface area (Å²) in [4.78, 5) is 19.4. The van der Waals surface area contributed by atoms with Gasteiger partial charge in [0.25, 0.3) is 0 Å². The van der Waals surface area contributed by atoms with Crippen molar-refractivity contribution < 1.29 is 14.6 Å². The van der Waals surface area contributed by atoms with E-state index in [-0.39, 0.29) is 6.61 Å². The minimum atomic E-state index is -0.466. The SMILES string of the molecule is Cc1cc(CO)ccc1C(=O)Oc1cncnc1. The van der Waals surface area contributed by atoms with Gasteiger partial charge in [0, 0.05) is 0 Å². The summed E-state index contributed by atoms with van der Waals surface area (Å²) in [5.74, 6) is -0.167. The van der Waals surface area contributed by atoms with Crippen molar-refractivity contribution >= 4 is 5.97 Å². The third-order valence-electron chi connectivity index (χ3n) is 2.44. The monoisotopic (exact) mass is 244 g/mol. The largest absolute Gasteiger partial charge is 0.420 e. The number of aliphatic hydroxyl groups excluding tert-OH is 1. The van der Waals surface area contributed by atoms with Crippen LogP contribution in [-0.4, -0.2) is 21.0 Å². The van der Waals surface area contributed by atoms with Crippen molar-refractivity contribution in [3.05, 3.63) is 53.6 Å². The number of nitrogens with zero attached hydrogens (tertiary/aromatic N) is 2. The Hall–Kier alpha value is -2.27. The predicted octanol–water partition coefficient (Wildman–Crippen LogP) is 1.50. The van der Waals surface area contributed by atoms with Gasteiger partial charge >= 0.3 is 5.97 Å². The molecule has 0 saturated carbocycles. The summed E-state index contributed by atoms with van der Waals surface area (Å²) in [6, 6.07) is 5.07. The summed E-state index contributed by atoms with van der Waals surface area (Å²) in [6.45, 7) is 1.74. The fourth-order valence-corrected chi connectivity index (χ4v) is 1.55. The molecule has 0 unspecified atom stereocenters. The Kier molecular flexibility index (Phi) is 3.64. The number of carbonyl (C=O) groups excluding carboxylic acids is 1. The molecule has 2 aromatic rings. The van der Waals surface area contributed by atoms with Gasteiger partial charge in [-0.1, -0.05) is 12.1 Å². The number of ether oxygens (including phenoxy) is 1. The molecule has 0 atom stereocenters. The fraction of sp³-hybridized carbons (Fsp3) is 0.154. The van der Waals surface area contributed by atoms with E-state index in [0.29, 0.717) is 11.3 Å². The Morgan fingerprint density at radius 3 is 2.67 bits per heavy atom. The second-order valence-corrected chi connectivity index (χ2v) is 3.77. The minimum absolute atomic E-state index is 0.0529. The average Bonchev–Trinajstić information content (AvgIpc) is 2.39. The zero-order valence-corrected chi connectivity index (χ0v) is 9.83. The number of rotatable bonds is 3. The number of aryl methyl sites for hydroxylation is 1. The van der Waals surface area contributed by atoms with E-state index in [9.17, 15) is 4.79 Å². The lowest BCUT2D eigenvalue weighted by atomic mass is 10.1. The summed E-state index contributed by atoms with van der Waals surface area (Å²) in [6.07, 6.45) is 4.20. The molecule has 5 nitrogen and oxygen atoms in total. The Balaban J connectivity index is 2.19. The van der Waals surface area contributed by atoms with Gasteiger partial charge in [-0.25, -0.2) is 14.8 Å². The van der Waals surface area contributed by atoms with Crippen molar-refractivity contribution in [3.63, 3.8) is 0 Å². The second-order valence-electron chi connectivity index (χ2n) is 3.77. The smallest absolute Gasteiger partial charge is 0.343 e. The summed E-state index contributed by atoms with van der Waals surface area (Å²) >= 11 is 0. The molecule has 1 heterocycles. The van der Waals surface area contributed by atoms with Crippen LogP contribution in [0.5, 0.6) is 5.75 Å². The number of esters is 1. The molecule has 2 rings (SSSR count). The molecular weight excluding hydrogens is 232 g/mol. The summed E-state index contributed by atoms with van der Waals surface area (Å²) < 4.78 is 5.13. The number of aromatic nitrogens is 2. The maximum Gasteiger partial charge on any atom is 0.343 e. The predicted molar refractivity (Wildman–Crippen MR) is 64.1 cm³/mol. The van der Waals surface area contributed by atoms with Gasteiger partial charge in [-0.3, -0.25) is 0 Å². The quantitative estimate of drug-likeness (QED) is 0.828. The minimum Gasteiger partial charge on any atom is -0.420 e. The van der Waals surface area contributed by atoms with E-state index in [1.54, 1.807) is 25.1 Å². The van der Waals surface area contributed by atoms with Crippen LogP contribution in [0.4, 0.5) is 0 Å². The molecule has 92 valence electrons. The molecule has 0 aliphatic carbocycles. The van der Waals surface area contributed by atoms with Crippen LogP contribution in [0.25, 0.3) is 0 Å². The maximum atomic E-state index is 11.9. The van der Waals surface area contributed by atoms with E-state index in [2.05, 4.69) is 9.97 Å². The highest BCUT2D eigenvalue weighted by atomic mass is 16.5. The van der Waals surface area contributed by atoms with E-state index in [1.807, 2.05) is 0 Å². The Morgan fingerprint density at radius 1 is 1.33 bits per heavy atom. The fourth-order valence-electron chi connectivity index (χ4n) is 1.55. The van der Waals surface area contributed by atoms with Gasteiger partial charge in [0.05, 0.1) is 24.6 Å². The first kappa shape index (κ1) is 12.2. The van der Waals surface area contributed by atoms with Crippen LogP contribution in [0.15, 0.2) is 36.9 Å². The number of hydrogen-bond donors (Lipinski definition) is 1. The normalized spacial score (nSPS) is 10.1. The summed E-state index contributed by atoms with van der Waals surface area (Å²) in [5.41, 5.74) is 1.96. The van der Waals surface area contributed by atoms with E-state index in [4.69, 9.17) is 9.84 Å². The first-order valence-corrected chi connectivity index (χ1v) is 5.38. The maximum absolute atomic E-state index is 11.9. The Morgan fingerprint density at radius 2 is 2.06 bits per heavy atom. The molecule has 0 fully saturated rings. The Labute approximate surface area is 104 Å². The van der Waals surface area contributed by atoms with Crippen molar-refractivity contribution in [1.29, 1.82) is 0 Å². The molecule has 0 amide bonds. The first-order valence-electron chi connectivity index (χ1n) is 5.38. The van der Waals surface area contributed by atoms with Gasteiger partial charge in [0.1, 0.15) is 6.33 Å². The third kappa shape index (κ3) is 2.70. The molecule has 0 aliphatic rings. The van der Waals surface area contributed by atoms with E-state index in [1.165, 1.54) is 18.7 Å². The first-order chi connectivity index (χ1) is 8.70.